The quantitative estimate of drug-likeness (QED) is 0.747. The first kappa shape index (κ1) is 11.9. The van der Waals surface area contributed by atoms with Gasteiger partial charge in [0.25, 0.3) is 5.91 Å². The topological polar surface area (TPSA) is 66.4 Å². The van der Waals surface area contributed by atoms with Crippen LogP contribution in [0.3, 0.4) is 0 Å². The summed E-state index contributed by atoms with van der Waals surface area (Å²) in [6.45, 7) is 2.24. The summed E-state index contributed by atoms with van der Waals surface area (Å²) in [5, 5.41) is 11.4. The van der Waals surface area contributed by atoms with E-state index in [1.807, 2.05) is 0 Å². The van der Waals surface area contributed by atoms with Gasteiger partial charge in [-0.3, -0.25) is 4.79 Å². The number of rotatable bonds is 3. The average Bonchev–Trinajstić information content (AvgIpc) is 2.52. The SMILES string of the molecule is CC(C)(F)C(=O)NC1(C(=O)O)CCCC1. The Labute approximate surface area is 87.9 Å². The van der Waals surface area contributed by atoms with Crippen LogP contribution in [0.4, 0.5) is 4.39 Å². The number of hydrogen-bond acceptors (Lipinski definition) is 2. The average molecular weight is 217 g/mol. The number of carboxylic acid groups (broad SMARTS) is 1. The van der Waals surface area contributed by atoms with E-state index in [4.69, 9.17) is 5.11 Å². The minimum absolute atomic E-state index is 0.379. The van der Waals surface area contributed by atoms with E-state index in [1.54, 1.807) is 0 Å². The number of hydrogen-bond donors (Lipinski definition) is 2. The first-order valence-corrected chi connectivity index (χ1v) is 5.03. The monoisotopic (exact) mass is 217 g/mol. The molecule has 0 unspecified atom stereocenters. The third-order valence-electron chi connectivity index (χ3n) is 2.76. The van der Waals surface area contributed by atoms with Crippen molar-refractivity contribution in [2.75, 3.05) is 0 Å². The van der Waals surface area contributed by atoms with Gasteiger partial charge in [0.15, 0.2) is 5.67 Å². The Balaban J connectivity index is 2.77. The van der Waals surface area contributed by atoms with Gasteiger partial charge in [0.1, 0.15) is 5.54 Å². The van der Waals surface area contributed by atoms with Crippen LogP contribution in [-0.4, -0.2) is 28.2 Å². The molecule has 0 aromatic carbocycles. The van der Waals surface area contributed by atoms with E-state index in [0.717, 1.165) is 26.7 Å². The van der Waals surface area contributed by atoms with Crippen LogP contribution in [-0.2, 0) is 9.59 Å². The maximum Gasteiger partial charge on any atom is 0.329 e. The van der Waals surface area contributed by atoms with Gasteiger partial charge in [-0.05, 0) is 26.7 Å². The Morgan fingerprint density at radius 3 is 2.13 bits per heavy atom. The number of carboxylic acids is 1. The molecule has 0 aromatic heterocycles. The number of carbonyl (C=O) groups excluding carboxylic acids is 1. The molecule has 0 heterocycles. The number of nitrogens with one attached hydrogen (secondary N) is 1. The molecule has 1 aliphatic carbocycles. The van der Waals surface area contributed by atoms with Crippen molar-refractivity contribution < 1.29 is 19.1 Å². The van der Waals surface area contributed by atoms with Crippen molar-refractivity contribution in [3.05, 3.63) is 0 Å². The van der Waals surface area contributed by atoms with Gasteiger partial charge in [-0.15, -0.1) is 0 Å². The highest BCUT2D eigenvalue weighted by molar-refractivity contribution is 5.91. The molecule has 5 heteroatoms. The predicted octanol–water partition coefficient (Wildman–Crippen LogP) is 1.25. The number of aliphatic carboxylic acids is 1. The molecule has 0 radical (unpaired) electrons. The molecule has 0 saturated heterocycles. The molecule has 1 aliphatic rings. The largest absolute Gasteiger partial charge is 0.480 e. The minimum Gasteiger partial charge on any atom is -0.480 e. The van der Waals surface area contributed by atoms with Crippen molar-refractivity contribution in [1.29, 1.82) is 0 Å². The zero-order valence-electron chi connectivity index (χ0n) is 8.97. The first-order chi connectivity index (χ1) is 6.78. The van der Waals surface area contributed by atoms with E-state index < -0.39 is 23.1 Å². The van der Waals surface area contributed by atoms with Crippen LogP contribution < -0.4 is 5.32 Å². The summed E-state index contributed by atoms with van der Waals surface area (Å²) in [6.07, 6.45) is 2.26. The highest BCUT2D eigenvalue weighted by atomic mass is 19.1. The maximum absolute atomic E-state index is 13.3. The maximum atomic E-state index is 13.3. The number of carbonyl (C=O) groups is 2. The molecule has 0 spiro atoms. The van der Waals surface area contributed by atoms with Crippen LogP contribution in [0.1, 0.15) is 39.5 Å². The predicted molar refractivity (Wildman–Crippen MR) is 52.2 cm³/mol. The number of halogens is 1. The van der Waals surface area contributed by atoms with Crippen LogP contribution in [0.15, 0.2) is 0 Å². The molecule has 86 valence electrons. The highest BCUT2D eigenvalue weighted by Crippen LogP contribution is 2.30. The Hall–Kier alpha value is -1.13. The van der Waals surface area contributed by atoms with E-state index in [1.165, 1.54) is 0 Å². The van der Waals surface area contributed by atoms with E-state index in [0.29, 0.717) is 12.8 Å². The fraction of sp³-hybridized carbons (Fsp3) is 0.800. The van der Waals surface area contributed by atoms with Crippen molar-refractivity contribution in [2.45, 2.75) is 50.7 Å². The number of amides is 1. The molecule has 0 bridgehead atoms. The Kier molecular flexibility index (Phi) is 3.02. The van der Waals surface area contributed by atoms with E-state index in [2.05, 4.69) is 5.32 Å². The summed E-state index contributed by atoms with van der Waals surface area (Å²) < 4.78 is 13.3. The molecule has 0 aliphatic heterocycles. The molecule has 1 fully saturated rings. The molecule has 4 nitrogen and oxygen atoms in total. The van der Waals surface area contributed by atoms with Gasteiger partial charge in [0.2, 0.25) is 0 Å². The summed E-state index contributed by atoms with van der Waals surface area (Å²) >= 11 is 0. The highest BCUT2D eigenvalue weighted by Gasteiger charge is 2.45. The van der Waals surface area contributed by atoms with Gasteiger partial charge >= 0.3 is 5.97 Å². The van der Waals surface area contributed by atoms with Gasteiger partial charge in [-0.25, -0.2) is 9.18 Å². The van der Waals surface area contributed by atoms with Gasteiger partial charge in [0.05, 0.1) is 0 Å². The number of alkyl halides is 1. The molecule has 1 rings (SSSR count). The lowest BCUT2D eigenvalue weighted by Gasteiger charge is -2.27. The molecular formula is C10H16FNO3. The van der Waals surface area contributed by atoms with Gasteiger partial charge in [-0.1, -0.05) is 12.8 Å². The zero-order chi connectivity index (χ0) is 11.7. The summed E-state index contributed by atoms with van der Waals surface area (Å²) in [7, 11) is 0. The Bertz CT molecular complexity index is 277. The lowest BCUT2D eigenvalue weighted by Crippen LogP contribution is -2.56. The van der Waals surface area contributed by atoms with Crippen molar-refractivity contribution >= 4 is 11.9 Å². The molecular weight excluding hydrogens is 201 g/mol. The van der Waals surface area contributed by atoms with Crippen LogP contribution in [0.5, 0.6) is 0 Å². The molecule has 15 heavy (non-hydrogen) atoms. The smallest absolute Gasteiger partial charge is 0.329 e. The van der Waals surface area contributed by atoms with E-state index in [-0.39, 0.29) is 0 Å². The van der Waals surface area contributed by atoms with Crippen molar-refractivity contribution in [3.8, 4) is 0 Å². The summed E-state index contributed by atoms with van der Waals surface area (Å²) in [6, 6.07) is 0. The van der Waals surface area contributed by atoms with E-state index >= 15 is 0 Å². The normalized spacial score (nSPS) is 19.9. The second-order valence-electron chi connectivity index (χ2n) is 4.52. The van der Waals surface area contributed by atoms with Crippen molar-refractivity contribution in [2.24, 2.45) is 0 Å². The lowest BCUT2D eigenvalue weighted by molar-refractivity contribution is -0.149. The second-order valence-corrected chi connectivity index (χ2v) is 4.52. The molecule has 0 atom stereocenters. The van der Waals surface area contributed by atoms with Crippen molar-refractivity contribution in [3.63, 3.8) is 0 Å². The standard InChI is InChI=1S/C10H16FNO3/c1-9(2,11)7(13)12-10(8(14)15)5-3-4-6-10/h3-6H2,1-2H3,(H,12,13)(H,14,15). The summed E-state index contributed by atoms with van der Waals surface area (Å²) in [5.41, 5.74) is -3.29. The first-order valence-electron chi connectivity index (χ1n) is 5.03. The molecule has 1 amide bonds. The van der Waals surface area contributed by atoms with Crippen LogP contribution in [0.2, 0.25) is 0 Å². The summed E-state index contributed by atoms with van der Waals surface area (Å²) in [4.78, 5) is 22.4. The fourth-order valence-electron chi connectivity index (χ4n) is 1.74. The Morgan fingerprint density at radius 1 is 1.33 bits per heavy atom. The van der Waals surface area contributed by atoms with Gasteiger partial charge in [0, 0.05) is 0 Å². The molecule has 2 N–H and O–H groups in total. The third-order valence-corrected chi connectivity index (χ3v) is 2.76. The van der Waals surface area contributed by atoms with Gasteiger partial charge in [-0.2, -0.15) is 0 Å². The van der Waals surface area contributed by atoms with Crippen molar-refractivity contribution in [1.82, 2.24) is 5.32 Å². The lowest BCUT2D eigenvalue weighted by atomic mass is 9.96. The molecule has 1 saturated carbocycles. The third kappa shape index (κ3) is 2.46. The summed E-state index contributed by atoms with van der Waals surface area (Å²) in [5.74, 6) is -1.93. The van der Waals surface area contributed by atoms with Crippen LogP contribution >= 0.6 is 0 Å². The van der Waals surface area contributed by atoms with Crippen LogP contribution in [0.25, 0.3) is 0 Å². The zero-order valence-corrected chi connectivity index (χ0v) is 8.97. The van der Waals surface area contributed by atoms with E-state index in [9.17, 15) is 14.0 Å². The van der Waals surface area contributed by atoms with Crippen LogP contribution in [0, 0.1) is 0 Å². The fourth-order valence-corrected chi connectivity index (χ4v) is 1.74. The minimum atomic E-state index is -2.04. The van der Waals surface area contributed by atoms with Gasteiger partial charge < -0.3 is 10.4 Å². The Morgan fingerprint density at radius 2 is 1.80 bits per heavy atom. The second kappa shape index (κ2) is 3.79. The molecule has 0 aromatic rings.